The van der Waals surface area contributed by atoms with Crippen molar-refractivity contribution >= 4 is 41.2 Å². The molecule has 0 heterocycles. The van der Waals surface area contributed by atoms with Crippen LogP contribution in [0.4, 0.5) is 37.7 Å². The third-order valence-corrected chi connectivity index (χ3v) is 4.56. The zero-order chi connectivity index (χ0) is 32.0. The van der Waals surface area contributed by atoms with Crippen LogP contribution in [0.5, 0.6) is 0 Å². The lowest BCUT2D eigenvalue weighted by Crippen LogP contribution is -2.21. The summed E-state index contributed by atoms with van der Waals surface area (Å²) in [6.45, 7) is 0. The van der Waals surface area contributed by atoms with Crippen LogP contribution < -0.4 is 22.1 Å². The Bertz CT molecular complexity index is 1180. The van der Waals surface area contributed by atoms with Gasteiger partial charge >= 0.3 is 30.3 Å². The number of nitrogens with two attached hydrogens (primary N) is 2. The van der Waals surface area contributed by atoms with Gasteiger partial charge < -0.3 is 37.4 Å². The van der Waals surface area contributed by atoms with Gasteiger partial charge in [-0.25, -0.2) is 9.59 Å². The van der Waals surface area contributed by atoms with E-state index in [9.17, 15) is 36.2 Å². The number of carboxylic acid groups (broad SMARTS) is 3. The zero-order valence-corrected chi connectivity index (χ0v) is 20.8. The maximum Gasteiger partial charge on any atom is 0.490 e. The molecule has 1 unspecified atom stereocenters. The summed E-state index contributed by atoms with van der Waals surface area (Å²) < 4.78 is 63.5. The standard InChI is InChI=1S/C19H24N6O2.2C2HF3O2/c20-18(21)24-15-8-5-12(6-9-15)4-7-14(11-17(26)27)13-2-1-3-16(10-13)25-19(22)23;2*3-2(4,5)1(6)7/h1-3,5-6,8-10,14H,4,7,11H2,(H,26,27)(H4,20,21,24)(H4,22,23,25);2*(H,6,7). The molecule has 226 valence electrons. The summed E-state index contributed by atoms with van der Waals surface area (Å²) in [7, 11) is 0. The second kappa shape index (κ2) is 16.2. The van der Waals surface area contributed by atoms with E-state index in [0.717, 1.165) is 16.8 Å². The Morgan fingerprint density at radius 1 is 0.780 bits per heavy atom. The second-order valence-electron chi connectivity index (χ2n) is 7.84. The van der Waals surface area contributed by atoms with Crippen molar-refractivity contribution in [2.75, 3.05) is 10.6 Å². The van der Waals surface area contributed by atoms with E-state index in [0.29, 0.717) is 18.5 Å². The van der Waals surface area contributed by atoms with Gasteiger partial charge in [0.15, 0.2) is 11.9 Å². The Hall–Kier alpha value is -5.03. The minimum atomic E-state index is -5.08. The van der Waals surface area contributed by atoms with Crippen LogP contribution in [0.15, 0.2) is 48.5 Å². The summed E-state index contributed by atoms with van der Waals surface area (Å²) in [5.41, 5.74) is 14.0. The molecular weight excluding hydrogens is 570 g/mol. The number of carboxylic acids is 3. The molecule has 11 N–H and O–H groups in total. The predicted octanol–water partition coefficient (Wildman–Crippen LogP) is 3.76. The first kappa shape index (κ1) is 36.0. The van der Waals surface area contributed by atoms with E-state index < -0.39 is 30.3 Å². The molecule has 0 saturated heterocycles. The average Bonchev–Trinajstić information content (AvgIpc) is 2.81. The summed E-state index contributed by atoms with van der Waals surface area (Å²) in [6, 6.07) is 14.8. The highest BCUT2D eigenvalue weighted by molar-refractivity contribution is 5.90. The topological polar surface area (TPSA) is 236 Å². The Kier molecular flexibility index (Phi) is 14.2. The number of aryl methyl sites for hydroxylation is 1. The first-order chi connectivity index (χ1) is 18.7. The number of nitrogens with one attached hydrogen (secondary N) is 4. The average molecular weight is 596 g/mol. The number of benzene rings is 2. The van der Waals surface area contributed by atoms with Crippen LogP contribution in [0.3, 0.4) is 0 Å². The Morgan fingerprint density at radius 3 is 1.61 bits per heavy atom. The number of guanidine groups is 2. The molecule has 0 aliphatic rings. The molecule has 0 aliphatic carbocycles. The van der Waals surface area contributed by atoms with Crippen LogP contribution in [0.1, 0.15) is 29.9 Å². The van der Waals surface area contributed by atoms with E-state index in [1.807, 2.05) is 42.5 Å². The normalized spacial score (nSPS) is 11.4. The molecule has 2 aromatic rings. The Labute approximate surface area is 228 Å². The predicted molar refractivity (Wildman–Crippen MR) is 135 cm³/mol. The first-order valence-corrected chi connectivity index (χ1v) is 10.9. The van der Waals surface area contributed by atoms with Crippen molar-refractivity contribution in [2.24, 2.45) is 11.5 Å². The first-order valence-electron chi connectivity index (χ1n) is 10.9. The van der Waals surface area contributed by atoms with Crippen molar-refractivity contribution in [3.8, 4) is 0 Å². The summed E-state index contributed by atoms with van der Waals surface area (Å²) in [5.74, 6) is -6.82. The lowest BCUT2D eigenvalue weighted by atomic mass is 9.89. The summed E-state index contributed by atoms with van der Waals surface area (Å²) in [6.07, 6.45) is -8.77. The number of carbonyl (C=O) groups is 3. The highest BCUT2D eigenvalue weighted by Gasteiger charge is 2.38. The van der Waals surface area contributed by atoms with Gasteiger partial charge in [-0.3, -0.25) is 15.6 Å². The van der Waals surface area contributed by atoms with E-state index in [2.05, 4.69) is 10.6 Å². The molecule has 41 heavy (non-hydrogen) atoms. The molecule has 0 amide bonds. The number of halogens is 6. The van der Waals surface area contributed by atoms with Crippen LogP contribution in [-0.4, -0.2) is 57.5 Å². The molecule has 0 aromatic heterocycles. The fourth-order valence-electron chi connectivity index (χ4n) is 2.87. The van der Waals surface area contributed by atoms with Crippen molar-refractivity contribution in [1.29, 1.82) is 10.8 Å². The number of hydrogen-bond acceptors (Lipinski definition) is 5. The molecule has 0 aliphatic heterocycles. The maximum atomic E-state index is 11.3. The minimum Gasteiger partial charge on any atom is -0.481 e. The van der Waals surface area contributed by atoms with Gasteiger partial charge in [0, 0.05) is 11.4 Å². The van der Waals surface area contributed by atoms with Crippen LogP contribution in [0.2, 0.25) is 0 Å². The number of hydrogen-bond donors (Lipinski definition) is 9. The zero-order valence-electron chi connectivity index (χ0n) is 20.8. The largest absolute Gasteiger partial charge is 0.490 e. The molecule has 0 spiro atoms. The number of alkyl halides is 6. The van der Waals surface area contributed by atoms with E-state index in [-0.39, 0.29) is 24.3 Å². The van der Waals surface area contributed by atoms with Gasteiger partial charge in [-0.05, 0) is 54.2 Å². The molecule has 0 radical (unpaired) electrons. The molecule has 0 fully saturated rings. The van der Waals surface area contributed by atoms with Gasteiger partial charge in [0.1, 0.15) is 0 Å². The molecule has 2 rings (SSSR count). The monoisotopic (exact) mass is 596 g/mol. The summed E-state index contributed by atoms with van der Waals surface area (Å²) in [5, 5.41) is 43.5. The highest BCUT2D eigenvalue weighted by atomic mass is 19.4. The van der Waals surface area contributed by atoms with Crippen molar-refractivity contribution < 1.29 is 56.0 Å². The van der Waals surface area contributed by atoms with E-state index in [1.54, 1.807) is 6.07 Å². The SMILES string of the molecule is N=C(N)Nc1ccc(CCC(CC(=O)O)c2cccc(NC(=N)N)c2)cc1.O=C(O)C(F)(F)F.O=C(O)C(F)(F)F. The molecule has 2 aromatic carbocycles. The van der Waals surface area contributed by atoms with Gasteiger partial charge in [0.05, 0.1) is 6.42 Å². The maximum absolute atomic E-state index is 11.3. The molecular formula is C23H26F6N6O6. The van der Waals surface area contributed by atoms with Crippen LogP contribution in [0.25, 0.3) is 0 Å². The second-order valence-corrected chi connectivity index (χ2v) is 7.84. The van der Waals surface area contributed by atoms with Crippen LogP contribution >= 0.6 is 0 Å². The summed E-state index contributed by atoms with van der Waals surface area (Å²) >= 11 is 0. The van der Waals surface area contributed by atoms with Gasteiger partial charge in [0.25, 0.3) is 0 Å². The van der Waals surface area contributed by atoms with Crippen molar-refractivity contribution in [3.63, 3.8) is 0 Å². The third kappa shape index (κ3) is 16.5. The fourth-order valence-corrected chi connectivity index (χ4v) is 2.87. The molecule has 0 bridgehead atoms. The molecule has 1 atom stereocenters. The molecule has 18 heteroatoms. The third-order valence-electron chi connectivity index (χ3n) is 4.56. The van der Waals surface area contributed by atoms with Gasteiger partial charge in [-0.15, -0.1) is 0 Å². The lowest BCUT2D eigenvalue weighted by Gasteiger charge is -2.17. The van der Waals surface area contributed by atoms with Crippen LogP contribution in [0, 0.1) is 10.8 Å². The quantitative estimate of drug-likeness (QED) is 0.122. The van der Waals surface area contributed by atoms with Gasteiger partial charge in [-0.2, -0.15) is 26.3 Å². The van der Waals surface area contributed by atoms with Gasteiger partial charge in [-0.1, -0.05) is 24.3 Å². The molecule has 0 saturated carbocycles. The Morgan fingerprint density at radius 2 is 1.22 bits per heavy atom. The minimum absolute atomic E-state index is 0.0213. The van der Waals surface area contributed by atoms with E-state index in [1.165, 1.54) is 0 Å². The fraction of sp³-hybridized carbons (Fsp3) is 0.261. The number of aliphatic carboxylic acids is 3. The highest BCUT2D eigenvalue weighted by Crippen LogP contribution is 2.28. The van der Waals surface area contributed by atoms with Crippen molar-refractivity contribution in [1.82, 2.24) is 0 Å². The van der Waals surface area contributed by atoms with Crippen molar-refractivity contribution in [2.45, 2.75) is 37.5 Å². The van der Waals surface area contributed by atoms with E-state index in [4.69, 9.17) is 42.1 Å². The molecule has 12 nitrogen and oxygen atoms in total. The number of anilines is 2. The van der Waals surface area contributed by atoms with Gasteiger partial charge in [0.2, 0.25) is 0 Å². The smallest absolute Gasteiger partial charge is 0.481 e. The van der Waals surface area contributed by atoms with E-state index >= 15 is 0 Å². The Balaban J connectivity index is 0.000000941. The van der Waals surface area contributed by atoms with Crippen molar-refractivity contribution in [3.05, 3.63) is 59.7 Å². The van der Waals surface area contributed by atoms with Crippen LogP contribution in [-0.2, 0) is 20.8 Å². The number of rotatable bonds is 8. The summed E-state index contributed by atoms with van der Waals surface area (Å²) in [4.78, 5) is 29.1. The lowest BCUT2D eigenvalue weighted by molar-refractivity contribution is -0.193.